The van der Waals surface area contributed by atoms with Gasteiger partial charge in [-0.05, 0) is 12.0 Å². The van der Waals surface area contributed by atoms with Crippen LogP contribution in [0.3, 0.4) is 0 Å². The number of carbonyl (C=O) groups is 1. The molecule has 0 aliphatic heterocycles. The summed E-state index contributed by atoms with van der Waals surface area (Å²) in [6.07, 6.45) is 2.02. The standard InChI is InChI=1S/C15H16N2O3/c1-2-3-11-4-6-12(7-5-11)13(18)10-17-15(20)9-8-14(19)16-17/h4-9H,2-3,10H2,1H3,(H,16,19). The summed E-state index contributed by atoms with van der Waals surface area (Å²) in [6, 6.07) is 9.61. The number of rotatable bonds is 5. The number of hydrogen-bond acceptors (Lipinski definition) is 3. The Kier molecular flexibility index (Phi) is 4.30. The number of H-pyrrole nitrogens is 1. The van der Waals surface area contributed by atoms with Gasteiger partial charge >= 0.3 is 0 Å². The van der Waals surface area contributed by atoms with Gasteiger partial charge in [0.2, 0.25) is 0 Å². The first-order chi connectivity index (χ1) is 9.60. The molecule has 0 amide bonds. The summed E-state index contributed by atoms with van der Waals surface area (Å²) in [7, 11) is 0. The molecule has 0 aliphatic rings. The minimum absolute atomic E-state index is 0.165. The summed E-state index contributed by atoms with van der Waals surface area (Å²) in [5.74, 6) is -0.211. The predicted octanol–water partition coefficient (Wildman–Crippen LogP) is 1.37. The van der Waals surface area contributed by atoms with Gasteiger partial charge in [0.15, 0.2) is 5.78 Å². The molecule has 1 N–H and O–H groups in total. The Bertz CT molecular complexity index is 711. The van der Waals surface area contributed by atoms with E-state index in [-0.39, 0.29) is 12.3 Å². The van der Waals surface area contributed by atoms with Crippen LogP contribution in [0, 0.1) is 0 Å². The second kappa shape index (κ2) is 6.14. The van der Waals surface area contributed by atoms with Gasteiger partial charge in [0.25, 0.3) is 11.1 Å². The third-order valence-corrected chi connectivity index (χ3v) is 3.00. The molecule has 1 aromatic carbocycles. The zero-order chi connectivity index (χ0) is 14.5. The van der Waals surface area contributed by atoms with E-state index in [2.05, 4.69) is 12.0 Å². The van der Waals surface area contributed by atoms with E-state index in [4.69, 9.17) is 0 Å². The van der Waals surface area contributed by atoms with E-state index in [1.807, 2.05) is 12.1 Å². The van der Waals surface area contributed by atoms with E-state index >= 15 is 0 Å². The van der Waals surface area contributed by atoms with Gasteiger partial charge < -0.3 is 0 Å². The molecule has 0 spiro atoms. The number of benzene rings is 1. The van der Waals surface area contributed by atoms with E-state index in [1.54, 1.807) is 12.1 Å². The molecule has 0 aliphatic carbocycles. The first-order valence-electron chi connectivity index (χ1n) is 6.52. The Labute approximate surface area is 115 Å². The van der Waals surface area contributed by atoms with Gasteiger partial charge in [-0.3, -0.25) is 19.5 Å². The number of nitrogens with one attached hydrogen (secondary N) is 1. The highest BCUT2D eigenvalue weighted by Gasteiger charge is 2.08. The number of nitrogens with zero attached hydrogens (tertiary/aromatic N) is 1. The lowest BCUT2D eigenvalue weighted by Crippen LogP contribution is -2.30. The fourth-order valence-corrected chi connectivity index (χ4v) is 1.96. The first-order valence-corrected chi connectivity index (χ1v) is 6.52. The summed E-state index contributed by atoms with van der Waals surface area (Å²) >= 11 is 0. The summed E-state index contributed by atoms with van der Waals surface area (Å²) in [4.78, 5) is 34.7. The number of hydrogen-bond donors (Lipinski definition) is 1. The van der Waals surface area contributed by atoms with Crippen LogP contribution in [0.25, 0.3) is 0 Å². The van der Waals surface area contributed by atoms with Crippen molar-refractivity contribution in [2.45, 2.75) is 26.3 Å². The maximum absolute atomic E-state index is 12.1. The molecule has 0 radical (unpaired) electrons. The van der Waals surface area contributed by atoms with Crippen LogP contribution in [-0.4, -0.2) is 15.6 Å². The van der Waals surface area contributed by atoms with Gasteiger partial charge in [0.1, 0.15) is 6.54 Å². The highest BCUT2D eigenvalue weighted by atomic mass is 16.2. The fraction of sp³-hybridized carbons (Fsp3) is 0.267. The summed E-state index contributed by atoms with van der Waals surface area (Å²) in [5, 5.41) is 2.34. The summed E-state index contributed by atoms with van der Waals surface area (Å²) in [5.41, 5.74) is 0.895. The molecule has 1 aromatic heterocycles. The Balaban J connectivity index is 2.17. The lowest BCUT2D eigenvalue weighted by molar-refractivity contribution is 0.0965. The smallest absolute Gasteiger partial charge is 0.265 e. The molecule has 0 saturated carbocycles. The number of aromatic nitrogens is 2. The average molecular weight is 272 g/mol. The number of aryl methyl sites for hydroxylation is 1. The first kappa shape index (κ1) is 14.0. The Morgan fingerprint density at radius 1 is 1.10 bits per heavy atom. The number of aromatic amines is 1. The molecule has 20 heavy (non-hydrogen) atoms. The van der Waals surface area contributed by atoms with Gasteiger partial charge in [-0.25, -0.2) is 4.68 Å². The van der Waals surface area contributed by atoms with Crippen molar-refractivity contribution >= 4 is 5.78 Å². The third-order valence-electron chi connectivity index (χ3n) is 3.00. The minimum atomic E-state index is -0.407. The van der Waals surface area contributed by atoms with Gasteiger partial charge in [-0.1, -0.05) is 37.6 Å². The van der Waals surface area contributed by atoms with Crippen LogP contribution >= 0.6 is 0 Å². The lowest BCUT2D eigenvalue weighted by atomic mass is 10.1. The van der Waals surface area contributed by atoms with Crippen molar-refractivity contribution in [3.8, 4) is 0 Å². The van der Waals surface area contributed by atoms with E-state index in [0.29, 0.717) is 5.56 Å². The van der Waals surface area contributed by atoms with Crippen LogP contribution in [0.5, 0.6) is 0 Å². The van der Waals surface area contributed by atoms with Gasteiger partial charge in [0.05, 0.1) is 0 Å². The van der Waals surface area contributed by atoms with Crippen LogP contribution in [0.1, 0.15) is 29.3 Å². The van der Waals surface area contributed by atoms with Gasteiger partial charge in [-0.15, -0.1) is 0 Å². The largest absolute Gasteiger partial charge is 0.292 e. The lowest BCUT2D eigenvalue weighted by Gasteiger charge is -2.05. The van der Waals surface area contributed by atoms with Crippen molar-refractivity contribution in [1.82, 2.24) is 9.78 Å². The molecule has 1 heterocycles. The molecule has 104 valence electrons. The third kappa shape index (κ3) is 3.32. The van der Waals surface area contributed by atoms with Crippen LogP contribution < -0.4 is 11.1 Å². The summed E-state index contributed by atoms with van der Waals surface area (Å²) in [6.45, 7) is 1.93. The average Bonchev–Trinajstić information content (AvgIpc) is 2.44. The fourth-order valence-electron chi connectivity index (χ4n) is 1.96. The van der Waals surface area contributed by atoms with Crippen molar-refractivity contribution in [3.05, 3.63) is 68.2 Å². The Morgan fingerprint density at radius 2 is 1.80 bits per heavy atom. The normalized spacial score (nSPS) is 10.4. The van der Waals surface area contributed by atoms with E-state index in [1.165, 1.54) is 5.56 Å². The van der Waals surface area contributed by atoms with Gasteiger partial charge in [0, 0.05) is 17.7 Å². The molecule has 5 nitrogen and oxygen atoms in total. The zero-order valence-corrected chi connectivity index (χ0v) is 11.3. The minimum Gasteiger partial charge on any atom is -0.292 e. The number of carbonyl (C=O) groups excluding carboxylic acids is 1. The molecule has 0 bridgehead atoms. The Hall–Kier alpha value is -2.43. The molecule has 0 atom stereocenters. The SMILES string of the molecule is CCCc1ccc(C(=O)Cn2[nH]c(=O)ccc2=O)cc1. The van der Waals surface area contributed by atoms with Crippen molar-refractivity contribution in [1.29, 1.82) is 0 Å². The number of Topliss-reactive ketones (excluding diaryl/α,β-unsaturated/α-hetero) is 1. The van der Waals surface area contributed by atoms with Crippen molar-refractivity contribution in [2.75, 3.05) is 0 Å². The van der Waals surface area contributed by atoms with E-state index in [0.717, 1.165) is 29.7 Å². The predicted molar refractivity (Wildman–Crippen MR) is 76.1 cm³/mol. The van der Waals surface area contributed by atoms with Crippen LogP contribution in [0.2, 0.25) is 0 Å². The maximum atomic E-state index is 12.1. The van der Waals surface area contributed by atoms with Crippen molar-refractivity contribution in [3.63, 3.8) is 0 Å². The molecule has 0 saturated heterocycles. The molecular formula is C15H16N2O3. The van der Waals surface area contributed by atoms with Crippen LogP contribution in [0.15, 0.2) is 46.0 Å². The van der Waals surface area contributed by atoms with Crippen LogP contribution in [-0.2, 0) is 13.0 Å². The van der Waals surface area contributed by atoms with Crippen molar-refractivity contribution < 1.29 is 4.79 Å². The zero-order valence-electron chi connectivity index (χ0n) is 11.3. The van der Waals surface area contributed by atoms with Crippen molar-refractivity contribution in [2.24, 2.45) is 0 Å². The molecule has 2 aromatic rings. The molecule has 5 heteroatoms. The second-order valence-corrected chi connectivity index (χ2v) is 4.60. The molecule has 2 rings (SSSR count). The monoisotopic (exact) mass is 272 g/mol. The number of ketones is 1. The second-order valence-electron chi connectivity index (χ2n) is 4.60. The highest BCUT2D eigenvalue weighted by Crippen LogP contribution is 2.07. The van der Waals surface area contributed by atoms with E-state index in [9.17, 15) is 14.4 Å². The Morgan fingerprint density at radius 3 is 2.45 bits per heavy atom. The molecule has 0 fully saturated rings. The topological polar surface area (TPSA) is 71.9 Å². The van der Waals surface area contributed by atoms with Gasteiger partial charge in [-0.2, -0.15) is 0 Å². The highest BCUT2D eigenvalue weighted by molar-refractivity contribution is 5.95. The summed E-state index contributed by atoms with van der Waals surface area (Å²) < 4.78 is 1.02. The molecular weight excluding hydrogens is 256 g/mol. The quantitative estimate of drug-likeness (QED) is 0.836. The van der Waals surface area contributed by atoms with E-state index < -0.39 is 11.1 Å². The molecule has 0 unspecified atom stereocenters. The maximum Gasteiger partial charge on any atom is 0.265 e. The van der Waals surface area contributed by atoms with Crippen LogP contribution in [0.4, 0.5) is 0 Å².